The van der Waals surface area contributed by atoms with Crippen molar-refractivity contribution in [2.24, 2.45) is 0 Å². The SMILES string of the molecule is c1ccc(-c2nc(-c3ccccc3)nc(N3c4ccccc4C4(c5ccccc5-c5ccccc54)c4ccc(-c5cccc6c5oc5ccccc56)cc43)n2)cc1. The highest BCUT2D eigenvalue weighted by atomic mass is 16.3. The minimum Gasteiger partial charge on any atom is -0.455 e. The van der Waals surface area contributed by atoms with Crippen molar-refractivity contribution >= 4 is 39.3 Å². The molecule has 10 aromatic rings. The number of furan rings is 1. The zero-order chi connectivity index (χ0) is 37.5. The average molecular weight is 729 g/mol. The van der Waals surface area contributed by atoms with Crippen LogP contribution in [0.25, 0.3) is 67.0 Å². The summed E-state index contributed by atoms with van der Waals surface area (Å²) in [5.74, 6) is 1.77. The summed E-state index contributed by atoms with van der Waals surface area (Å²) in [6.07, 6.45) is 0. The van der Waals surface area contributed by atoms with Crippen LogP contribution in [0.15, 0.2) is 199 Å². The molecule has 0 saturated carbocycles. The van der Waals surface area contributed by atoms with Crippen LogP contribution in [-0.2, 0) is 5.41 Å². The second-order valence-electron chi connectivity index (χ2n) is 14.7. The molecular weight excluding hydrogens is 697 g/mol. The minimum absolute atomic E-state index is 0.546. The second kappa shape index (κ2) is 12.2. The lowest BCUT2D eigenvalue weighted by atomic mass is 9.64. The predicted octanol–water partition coefficient (Wildman–Crippen LogP) is 12.9. The highest BCUT2D eigenvalue weighted by Gasteiger charge is 2.52. The summed E-state index contributed by atoms with van der Waals surface area (Å²) in [5, 5.41) is 2.20. The van der Waals surface area contributed by atoms with E-state index >= 15 is 0 Å². The fourth-order valence-corrected chi connectivity index (χ4v) is 9.36. The molecule has 12 rings (SSSR count). The van der Waals surface area contributed by atoms with Gasteiger partial charge in [0.05, 0.1) is 16.8 Å². The third-order valence-corrected chi connectivity index (χ3v) is 11.7. The molecule has 8 aromatic carbocycles. The summed E-state index contributed by atoms with van der Waals surface area (Å²) in [6, 6.07) is 68.5. The third kappa shape index (κ3) is 4.54. The number of aromatic nitrogens is 3. The van der Waals surface area contributed by atoms with Crippen molar-refractivity contribution in [1.29, 1.82) is 0 Å². The molecule has 2 aliphatic rings. The van der Waals surface area contributed by atoms with Crippen molar-refractivity contribution in [2.75, 3.05) is 4.90 Å². The number of fused-ring (bicyclic) bond motifs is 12. The van der Waals surface area contributed by atoms with Gasteiger partial charge in [0, 0.05) is 27.5 Å². The number of rotatable bonds is 4. The Morgan fingerprint density at radius 1 is 0.386 bits per heavy atom. The Kier molecular flexibility index (Phi) is 6.78. The Balaban J connectivity index is 1.19. The molecule has 0 fully saturated rings. The summed E-state index contributed by atoms with van der Waals surface area (Å²) in [7, 11) is 0. The molecule has 2 aromatic heterocycles. The van der Waals surface area contributed by atoms with Crippen molar-refractivity contribution < 1.29 is 4.42 Å². The summed E-state index contributed by atoms with van der Waals surface area (Å²) in [5.41, 5.74) is 14.4. The molecule has 0 N–H and O–H groups in total. The van der Waals surface area contributed by atoms with Crippen LogP contribution < -0.4 is 4.90 Å². The maximum atomic E-state index is 6.62. The molecule has 0 unspecified atom stereocenters. The monoisotopic (exact) mass is 728 g/mol. The molecule has 266 valence electrons. The van der Waals surface area contributed by atoms with Crippen LogP contribution in [0.2, 0.25) is 0 Å². The fraction of sp³-hybridized carbons (Fsp3) is 0.0192. The molecule has 3 heterocycles. The van der Waals surface area contributed by atoms with E-state index in [-0.39, 0.29) is 0 Å². The molecule has 0 radical (unpaired) electrons. The molecular formula is C52H32N4O. The molecule has 1 spiro atoms. The van der Waals surface area contributed by atoms with Gasteiger partial charge in [0.25, 0.3) is 0 Å². The summed E-state index contributed by atoms with van der Waals surface area (Å²) in [4.78, 5) is 18.0. The van der Waals surface area contributed by atoms with Crippen molar-refractivity contribution in [3.63, 3.8) is 0 Å². The Hall–Kier alpha value is -7.63. The van der Waals surface area contributed by atoms with E-state index in [9.17, 15) is 0 Å². The van der Waals surface area contributed by atoms with Crippen LogP contribution in [-0.4, -0.2) is 15.0 Å². The van der Waals surface area contributed by atoms with Crippen LogP contribution in [0.4, 0.5) is 17.3 Å². The standard InChI is InChI=1S/C52H32N4O/c1-3-16-33(17-4-1)49-53-50(34-18-5-2-6-19-34)55-51(54-49)56-45-28-13-12-27-43(45)52(41-25-10-7-20-37(41)38-21-8-11-26-42(38)52)44-31-30-35(32-46(44)56)36-23-15-24-40-39-22-9-14-29-47(39)57-48(36)40/h1-32H. The van der Waals surface area contributed by atoms with Gasteiger partial charge in [0.15, 0.2) is 11.6 Å². The first-order chi connectivity index (χ1) is 28.3. The second-order valence-corrected chi connectivity index (χ2v) is 14.7. The highest BCUT2D eigenvalue weighted by molar-refractivity contribution is 6.10. The van der Waals surface area contributed by atoms with Crippen molar-refractivity contribution in [3.05, 3.63) is 216 Å². The molecule has 5 nitrogen and oxygen atoms in total. The van der Waals surface area contributed by atoms with E-state index in [1.807, 2.05) is 48.5 Å². The Bertz CT molecular complexity index is 3100. The van der Waals surface area contributed by atoms with Gasteiger partial charge in [0.1, 0.15) is 11.2 Å². The van der Waals surface area contributed by atoms with Gasteiger partial charge in [-0.05, 0) is 57.1 Å². The van der Waals surface area contributed by atoms with Gasteiger partial charge in [-0.3, -0.25) is 4.90 Å². The van der Waals surface area contributed by atoms with Crippen LogP contribution in [0.5, 0.6) is 0 Å². The van der Waals surface area contributed by atoms with E-state index in [1.165, 1.54) is 27.8 Å². The lowest BCUT2D eigenvalue weighted by molar-refractivity contribution is 0.670. The van der Waals surface area contributed by atoms with Gasteiger partial charge >= 0.3 is 0 Å². The first kappa shape index (κ1) is 31.7. The predicted molar refractivity (Wildman–Crippen MR) is 229 cm³/mol. The number of hydrogen-bond donors (Lipinski definition) is 0. The van der Waals surface area contributed by atoms with E-state index in [0.717, 1.165) is 61.1 Å². The molecule has 0 atom stereocenters. The smallest absolute Gasteiger partial charge is 0.238 e. The zero-order valence-electron chi connectivity index (χ0n) is 30.7. The van der Waals surface area contributed by atoms with Crippen molar-refractivity contribution in [2.45, 2.75) is 5.41 Å². The van der Waals surface area contributed by atoms with Crippen LogP contribution in [0.1, 0.15) is 22.3 Å². The molecule has 0 bridgehead atoms. The number of nitrogens with zero attached hydrogens (tertiary/aromatic N) is 4. The topological polar surface area (TPSA) is 55.1 Å². The molecule has 5 heteroatoms. The van der Waals surface area contributed by atoms with Crippen molar-refractivity contribution in [3.8, 4) is 45.0 Å². The van der Waals surface area contributed by atoms with E-state index in [2.05, 4.69) is 150 Å². The Labute approximate surface area is 329 Å². The van der Waals surface area contributed by atoms with Gasteiger partial charge in [0.2, 0.25) is 5.95 Å². The first-order valence-corrected chi connectivity index (χ1v) is 19.3. The zero-order valence-corrected chi connectivity index (χ0v) is 30.7. The Morgan fingerprint density at radius 2 is 0.930 bits per heavy atom. The Morgan fingerprint density at radius 3 is 1.63 bits per heavy atom. The van der Waals surface area contributed by atoms with Crippen LogP contribution >= 0.6 is 0 Å². The van der Waals surface area contributed by atoms with Crippen LogP contribution in [0, 0.1) is 0 Å². The summed E-state index contributed by atoms with van der Waals surface area (Å²) >= 11 is 0. The van der Waals surface area contributed by atoms with E-state index in [0.29, 0.717) is 17.6 Å². The summed E-state index contributed by atoms with van der Waals surface area (Å²) < 4.78 is 6.62. The van der Waals surface area contributed by atoms with Gasteiger partial charge in [-0.1, -0.05) is 176 Å². The normalized spacial score (nSPS) is 13.4. The van der Waals surface area contributed by atoms with Crippen LogP contribution in [0.3, 0.4) is 0 Å². The van der Waals surface area contributed by atoms with Gasteiger partial charge in [-0.15, -0.1) is 0 Å². The maximum absolute atomic E-state index is 6.62. The highest BCUT2D eigenvalue weighted by Crippen LogP contribution is 2.63. The first-order valence-electron chi connectivity index (χ1n) is 19.3. The largest absolute Gasteiger partial charge is 0.455 e. The quantitative estimate of drug-likeness (QED) is 0.181. The summed E-state index contributed by atoms with van der Waals surface area (Å²) in [6.45, 7) is 0. The molecule has 1 aliphatic heterocycles. The fourth-order valence-electron chi connectivity index (χ4n) is 9.36. The van der Waals surface area contributed by atoms with E-state index in [1.54, 1.807) is 0 Å². The number of benzene rings is 8. The third-order valence-electron chi connectivity index (χ3n) is 11.7. The van der Waals surface area contributed by atoms with Gasteiger partial charge < -0.3 is 4.42 Å². The molecule has 0 saturated heterocycles. The number of para-hydroxylation sites is 3. The van der Waals surface area contributed by atoms with E-state index in [4.69, 9.17) is 19.4 Å². The minimum atomic E-state index is -0.600. The van der Waals surface area contributed by atoms with E-state index < -0.39 is 5.41 Å². The van der Waals surface area contributed by atoms with Crippen molar-refractivity contribution in [1.82, 2.24) is 15.0 Å². The number of hydrogen-bond acceptors (Lipinski definition) is 5. The maximum Gasteiger partial charge on any atom is 0.238 e. The average Bonchev–Trinajstić information content (AvgIpc) is 3.81. The lowest BCUT2D eigenvalue weighted by Crippen LogP contribution is -2.36. The number of anilines is 3. The molecule has 57 heavy (non-hydrogen) atoms. The molecule has 0 amide bonds. The molecule has 1 aliphatic carbocycles. The lowest BCUT2D eigenvalue weighted by Gasteiger charge is -2.44. The van der Waals surface area contributed by atoms with Gasteiger partial charge in [-0.2, -0.15) is 9.97 Å². The van der Waals surface area contributed by atoms with Gasteiger partial charge in [-0.25, -0.2) is 4.98 Å².